The fourth-order valence-electron chi connectivity index (χ4n) is 2.47. The summed E-state index contributed by atoms with van der Waals surface area (Å²) < 4.78 is 0. The van der Waals surface area contributed by atoms with Crippen LogP contribution in [0, 0.1) is 6.17 Å². The molecule has 1 saturated heterocycles. The third kappa shape index (κ3) is 2.50. The van der Waals surface area contributed by atoms with Crippen LogP contribution in [0.1, 0.15) is 18.9 Å². The zero-order chi connectivity index (χ0) is 13.1. The van der Waals surface area contributed by atoms with Crippen LogP contribution in [0.15, 0.2) is 42.5 Å². The third-order valence-corrected chi connectivity index (χ3v) is 3.35. The van der Waals surface area contributed by atoms with Crippen LogP contribution >= 0.6 is 0 Å². The van der Waals surface area contributed by atoms with Crippen LogP contribution in [-0.4, -0.2) is 24.8 Å². The van der Waals surface area contributed by atoms with Crippen LogP contribution in [0.25, 0.3) is 10.8 Å². The Morgan fingerprint density at radius 2 is 2.00 bits per heavy atom. The highest BCUT2D eigenvalue weighted by Crippen LogP contribution is 2.28. The maximum atomic E-state index is 5.80. The van der Waals surface area contributed by atoms with Gasteiger partial charge >= 0.3 is 0 Å². The van der Waals surface area contributed by atoms with Gasteiger partial charge in [-0.3, -0.25) is 10.2 Å². The van der Waals surface area contributed by atoms with Gasteiger partial charge in [-0.15, -0.1) is 0 Å². The monoisotopic (exact) mass is 255 g/mol. The van der Waals surface area contributed by atoms with Crippen molar-refractivity contribution in [1.82, 2.24) is 10.4 Å². The average Bonchev–Trinajstić information content (AvgIpc) is 2.92. The van der Waals surface area contributed by atoms with Crippen molar-refractivity contribution in [2.75, 3.05) is 19.7 Å². The predicted molar refractivity (Wildman–Crippen MR) is 77.2 cm³/mol. The highest BCUT2D eigenvalue weighted by atomic mass is 16.7. The Morgan fingerprint density at radius 3 is 2.89 bits per heavy atom. The maximum Gasteiger partial charge on any atom is 0.160 e. The lowest BCUT2D eigenvalue weighted by atomic mass is 10.0. The molecule has 0 saturated carbocycles. The molecule has 0 aromatic heterocycles. The van der Waals surface area contributed by atoms with E-state index in [1.165, 1.54) is 16.3 Å². The fourth-order valence-corrected chi connectivity index (χ4v) is 2.47. The summed E-state index contributed by atoms with van der Waals surface area (Å²) in [6, 6.07) is 14.9. The molecular formula is C16H19N2O. The molecule has 0 amide bonds. The van der Waals surface area contributed by atoms with Crippen LogP contribution in [0.5, 0.6) is 0 Å². The lowest BCUT2D eigenvalue weighted by Crippen LogP contribution is -2.29. The Balaban J connectivity index is 1.94. The molecule has 3 heteroatoms. The normalized spacial score (nSPS) is 17.3. The molecule has 2 aromatic rings. The molecule has 1 aliphatic rings. The summed E-state index contributed by atoms with van der Waals surface area (Å²) in [4.78, 5) is 5.80. The van der Waals surface area contributed by atoms with Crippen LogP contribution in [-0.2, 0) is 4.84 Å². The molecule has 0 aliphatic carbocycles. The van der Waals surface area contributed by atoms with Crippen molar-refractivity contribution in [3.8, 4) is 0 Å². The zero-order valence-corrected chi connectivity index (χ0v) is 11.2. The predicted octanol–water partition coefficient (Wildman–Crippen LogP) is 2.92. The summed E-state index contributed by atoms with van der Waals surface area (Å²) in [5.74, 6) is 0. The molecule has 3 rings (SSSR count). The summed E-state index contributed by atoms with van der Waals surface area (Å²) in [5, 5.41) is 7.96. The Labute approximate surface area is 114 Å². The van der Waals surface area contributed by atoms with E-state index in [0.29, 0.717) is 0 Å². The van der Waals surface area contributed by atoms with Gasteiger partial charge in [-0.1, -0.05) is 49.4 Å². The quantitative estimate of drug-likeness (QED) is 0.909. The van der Waals surface area contributed by atoms with Crippen molar-refractivity contribution in [2.24, 2.45) is 0 Å². The van der Waals surface area contributed by atoms with Gasteiger partial charge in [-0.05, 0) is 17.2 Å². The van der Waals surface area contributed by atoms with E-state index in [-0.39, 0.29) is 0 Å². The van der Waals surface area contributed by atoms with Crippen LogP contribution in [0.3, 0.4) is 0 Å². The zero-order valence-electron chi connectivity index (χ0n) is 11.2. The number of nitrogens with one attached hydrogen (secondary N) is 1. The molecule has 0 atom stereocenters. The molecular weight excluding hydrogens is 236 g/mol. The van der Waals surface area contributed by atoms with Gasteiger partial charge in [0.2, 0.25) is 0 Å². The van der Waals surface area contributed by atoms with E-state index in [9.17, 15) is 0 Å². The van der Waals surface area contributed by atoms with Crippen molar-refractivity contribution >= 4 is 10.8 Å². The van der Waals surface area contributed by atoms with Gasteiger partial charge in [0.15, 0.2) is 6.17 Å². The summed E-state index contributed by atoms with van der Waals surface area (Å²) in [6.45, 7) is 4.72. The average molecular weight is 255 g/mol. The van der Waals surface area contributed by atoms with E-state index in [1.54, 1.807) is 0 Å². The van der Waals surface area contributed by atoms with E-state index in [1.807, 2.05) is 5.06 Å². The molecule has 0 bridgehead atoms. The Bertz CT molecular complexity index is 550. The standard InChI is InChI=1S/C16H19N2O/c1-2-12-19-18-11-10-17-16(18)15-9-5-7-13-6-3-4-8-14(13)15/h3-9,17H,2,10-12H2,1H3. The molecule has 1 radical (unpaired) electrons. The first-order valence-electron chi connectivity index (χ1n) is 6.89. The topological polar surface area (TPSA) is 24.5 Å². The van der Waals surface area contributed by atoms with E-state index in [2.05, 4.69) is 54.7 Å². The molecule has 1 fully saturated rings. The van der Waals surface area contributed by atoms with E-state index in [4.69, 9.17) is 4.84 Å². The molecule has 2 aromatic carbocycles. The smallest absolute Gasteiger partial charge is 0.160 e. The summed E-state index contributed by atoms with van der Waals surface area (Å²) >= 11 is 0. The number of rotatable bonds is 4. The van der Waals surface area contributed by atoms with E-state index < -0.39 is 0 Å². The molecule has 1 N–H and O–H groups in total. The van der Waals surface area contributed by atoms with Crippen molar-refractivity contribution in [1.29, 1.82) is 0 Å². The molecule has 1 heterocycles. The number of nitrogens with zero attached hydrogens (tertiary/aromatic N) is 1. The minimum absolute atomic E-state index is 0.760. The van der Waals surface area contributed by atoms with Crippen molar-refractivity contribution in [2.45, 2.75) is 13.3 Å². The second kappa shape index (κ2) is 5.70. The van der Waals surface area contributed by atoms with Gasteiger partial charge in [0, 0.05) is 18.7 Å². The van der Waals surface area contributed by atoms with Gasteiger partial charge in [0.25, 0.3) is 0 Å². The molecule has 0 unspecified atom stereocenters. The van der Waals surface area contributed by atoms with Gasteiger partial charge in [-0.25, -0.2) is 0 Å². The molecule has 99 valence electrons. The van der Waals surface area contributed by atoms with Crippen molar-refractivity contribution in [3.05, 3.63) is 54.2 Å². The first-order valence-corrected chi connectivity index (χ1v) is 6.89. The van der Waals surface area contributed by atoms with Crippen LogP contribution in [0.2, 0.25) is 0 Å². The Morgan fingerprint density at radius 1 is 1.16 bits per heavy atom. The van der Waals surface area contributed by atoms with Crippen molar-refractivity contribution in [3.63, 3.8) is 0 Å². The van der Waals surface area contributed by atoms with E-state index in [0.717, 1.165) is 32.3 Å². The Hall–Kier alpha value is -1.42. The van der Waals surface area contributed by atoms with Gasteiger partial charge in [0.1, 0.15) is 0 Å². The number of hydrogen-bond acceptors (Lipinski definition) is 3. The molecule has 19 heavy (non-hydrogen) atoms. The second-order valence-corrected chi connectivity index (χ2v) is 4.74. The number of hydrogen-bond donors (Lipinski definition) is 1. The van der Waals surface area contributed by atoms with Crippen molar-refractivity contribution < 1.29 is 4.84 Å². The number of benzene rings is 2. The molecule has 3 nitrogen and oxygen atoms in total. The van der Waals surface area contributed by atoms with Crippen LogP contribution < -0.4 is 5.32 Å². The van der Waals surface area contributed by atoms with Crippen LogP contribution in [0.4, 0.5) is 0 Å². The maximum absolute atomic E-state index is 5.80. The third-order valence-electron chi connectivity index (χ3n) is 3.35. The lowest BCUT2D eigenvalue weighted by Gasteiger charge is -2.23. The lowest BCUT2D eigenvalue weighted by molar-refractivity contribution is -0.134. The minimum Gasteiger partial charge on any atom is -0.297 e. The fraction of sp³-hybridized carbons (Fsp3) is 0.312. The summed E-state index contributed by atoms with van der Waals surface area (Å²) in [6.07, 6.45) is 2.12. The highest BCUT2D eigenvalue weighted by molar-refractivity contribution is 5.87. The Kier molecular flexibility index (Phi) is 3.78. The molecule has 1 aliphatic heterocycles. The minimum atomic E-state index is 0.760. The second-order valence-electron chi connectivity index (χ2n) is 4.74. The van der Waals surface area contributed by atoms with Gasteiger partial charge in [0.05, 0.1) is 6.61 Å². The number of hydroxylamine groups is 2. The largest absolute Gasteiger partial charge is 0.297 e. The van der Waals surface area contributed by atoms with Gasteiger partial charge in [-0.2, -0.15) is 5.06 Å². The number of fused-ring (bicyclic) bond motifs is 1. The van der Waals surface area contributed by atoms with Gasteiger partial charge < -0.3 is 0 Å². The summed E-state index contributed by atoms with van der Waals surface area (Å²) in [5.41, 5.74) is 1.21. The first kappa shape index (κ1) is 12.6. The molecule has 0 spiro atoms. The SMILES string of the molecule is CCCON1CCN[C]1c1cccc2ccccc12. The summed E-state index contributed by atoms with van der Waals surface area (Å²) in [7, 11) is 0. The van der Waals surface area contributed by atoms with E-state index >= 15 is 0 Å². The highest BCUT2D eigenvalue weighted by Gasteiger charge is 2.28. The first-order chi connectivity index (χ1) is 9.40.